The number of carbonyl (C=O) groups excluding carboxylic acids is 2. The Balaban J connectivity index is 1.93. The summed E-state index contributed by atoms with van der Waals surface area (Å²) in [6, 6.07) is 0. The van der Waals surface area contributed by atoms with E-state index in [0.29, 0.717) is 12.2 Å². The van der Waals surface area contributed by atoms with Gasteiger partial charge in [-0.05, 0) is 26.2 Å². The van der Waals surface area contributed by atoms with E-state index in [1.54, 1.807) is 6.92 Å². The zero-order valence-electron chi connectivity index (χ0n) is 16.1. The van der Waals surface area contributed by atoms with Crippen LogP contribution in [0.2, 0.25) is 0 Å². The third-order valence-corrected chi connectivity index (χ3v) is 5.05. The molecule has 0 aliphatic carbocycles. The lowest BCUT2D eigenvalue weighted by Crippen LogP contribution is -2.24. The van der Waals surface area contributed by atoms with Gasteiger partial charge in [-0.2, -0.15) is 0 Å². The Morgan fingerprint density at radius 3 is 1.85 bits per heavy atom. The second-order valence-electron chi connectivity index (χ2n) is 7.41. The van der Waals surface area contributed by atoms with Crippen LogP contribution in [0.15, 0.2) is 12.2 Å². The SMILES string of the molecule is C=C1C(=O)O[C@H](CCCCCCCCCCCCCC(C)=O)[C@H]1C(=O)O. The number of carboxylic acids is 1. The summed E-state index contributed by atoms with van der Waals surface area (Å²) in [5.41, 5.74) is 0.0730. The van der Waals surface area contributed by atoms with Crippen molar-refractivity contribution in [2.24, 2.45) is 5.92 Å². The standard InChI is InChI=1S/C21H34O5/c1-16(22)14-12-10-8-6-4-3-5-7-9-11-13-15-18-19(20(23)24)17(2)21(25)26-18/h18-19H,2-15H2,1H3,(H,23,24)/t18-,19+/m1/s1. The molecule has 2 atom stereocenters. The first-order chi connectivity index (χ1) is 12.4. The molecule has 1 rings (SSSR count). The lowest BCUT2D eigenvalue weighted by molar-refractivity contribution is -0.144. The number of Topliss-reactive ketones (excluding diaryl/α,β-unsaturated/α-hetero) is 1. The van der Waals surface area contributed by atoms with E-state index in [0.717, 1.165) is 38.5 Å². The Labute approximate surface area is 157 Å². The van der Waals surface area contributed by atoms with Crippen molar-refractivity contribution >= 4 is 17.7 Å². The van der Waals surface area contributed by atoms with Crippen LogP contribution in [0.25, 0.3) is 0 Å². The van der Waals surface area contributed by atoms with E-state index in [4.69, 9.17) is 4.74 Å². The van der Waals surface area contributed by atoms with Crippen LogP contribution in [0, 0.1) is 5.92 Å². The minimum atomic E-state index is -1.02. The van der Waals surface area contributed by atoms with E-state index >= 15 is 0 Å². The van der Waals surface area contributed by atoms with E-state index in [-0.39, 0.29) is 5.57 Å². The van der Waals surface area contributed by atoms with Crippen LogP contribution in [0.3, 0.4) is 0 Å². The van der Waals surface area contributed by atoms with E-state index in [1.807, 2.05) is 0 Å². The molecule has 26 heavy (non-hydrogen) atoms. The maximum Gasteiger partial charge on any atom is 0.334 e. The van der Waals surface area contributed by atoms with Crippen LogP contribution in [0.4, 0.5) is 0 Å². The summed E-state index contributed by atoms with van der Waals surface area (Å²) in [6.07, 6.45) is 13.5. The highest BCUT2D eigenvalue weighted by Gasteiger charge is 2.42. The molecule has 0 aromatic carbocycles. The number of hydrogen-bond donors (Lipinski definition) is 1. The molecule has 0 aromatic heterocycles. The molecule has 1 heterocycles. The highest BCUT2D eigenvalue weighted by Crippen LogP contribution is 2.30. The Morgan fingerprint density at radius 1 is 0.923 bits per heavy atom. The van der Waals surface area contributed by atoms with Crippen molar-refractivity contribution in [1.29, 1.82) is 0 Å². The van der Waals surface area contributed by atoms with Crippen molar-refractivity contribution in [3.8, 4) is 0 Å². The van der Waals surface area contributed by atoms with Crippen molar-refractivity contribution in [3.63, 3.8) is 0 Å². The molecule has 1 N–H and O–H groups in total. The monoisotopic (exact) mass is 366 g/mol. The fourth-order valence-corrected chi connectivity index (χ4v) is 3.48. The maximum absolute atomic E-state index is 11.4. The van der Waals surface area contributed by atoms with Gasteiger partial charge in [-0.15, -0.1) is 0 Å². The van der Waals surface area contributed by atoms with Crippen LogP contribution in [-0.2, 0) is 19.1 Å². The Kier molecular flexibility index (Phi) is 10.9. The summed E-state index contributed by atoms with van der Waals surface area (Å²) in [5.74, 6) is -2.17. The first-order valence-electron chi connectivity index (χ1n) is 10.1. The van der Waals surface area contributed by atoms with Gasteiger partial charge in [0.25, 0.3) is 0 Å². The average molecular weight is 366 g/mol. The normalized spacial score (nSPS) is 19.6. The summed E-state index contributed by atoms with van der Waals surface area (Å²) < 4.78 is 5.12. The van der Waals surface area contributed by atoms with Crippen molar-refractivity contribution in [2.75, 3.05) is 0 Å². The van der Waals surface area contributed by atoms with Gasteiger partial charge in [-0.1, -0.05) is 64.4 Å². The maximum atomic E-state index is 11.4. The van der Waals surface area contributed by atoms with Gasteiger partial charge >= 0.3 is 11.9 Å². The van der Waals surface area contributed by atoms with Crippen LogP contribution < -0.4 is 0 Å². The van der Waals surface area contributed by atoms with Gasteiger partial charge in [-0.25, -0.2) is 4.79 Å². The molecule has 1 aliphatic heterocycles. The number of esters is 1. The van der Waals surface area contributed by atoms with E-state index in [2.05, 4.69) is 6.58 Å². The molecule has 0 aromatic rings. The molecule has 0 spiro atoms. The second kappa shape index (κ2) is 12.7. The smallest absolute Gasteiger partial charge is 0.334 e. The number of unbranched alkanes of at least 4 members (excludes halogenated alkanes) is 10. The van der Waals surface area contributed by atoms with Gasteiger partial charge in [0.15, 0.2) is 0 Å². The van der Waals surface area contributed by atoms with Crippen molar-refractivity contribution < 1.29 is 24.2 Å². The Hall–Kier alpha value is -1.65. The predicted molar refractivity (Wildman–Crippen MR) is 101 cm³/mol. The van der Waals surface area contributed by atoms with Gasteiger partial charge in [0.05, 0.1) is 0 Å². The number of cyclic esters (lactones) is 1. The predicted octanol–water partition coefficient (Wildman–Crippen LogP) is 4.83. The molecule has 5 heteroatoms. The van der Waals surface area contributed by atoms with Crippen LogP contribution in [0.1, 0.15) is 90.4 Å². The Morgan fingerprint density at radius 2 is 1.38 bits per heavy atom. The van der Waals surface area contributed by atoms with Crippen molar-refractivity contribution in [1.82, 2.24) is 0 Å². The first kappa shape index (κ1) is 22.4. The average Bonchev–Trinajstić information content (AvgIpc) is 2.86. The lowest BCUT2D eigenvalue weighted by atomic mass is 9.93. The van der Waals surface area contributed by atoms with Gasteiger partial charge < -0.3 is 14.6 Å². The third kappa shape index (κ3) is 8.63. The fraction of sp³-hybridized carbons (Fsp3) is 0.762. The molecular weight excluding hydrogens is 332 g/mol. The highest BCUT2D eigenvalue weighted by molar-refractivity contribution is 5.97. The summed E-state index contributed by atoms with van der Waals surface area (Å²) in [7, 11) is 0. The number of carbonyl (C=O) groups is 3. The number of hydrogen-bond acceptors (Lipinski definition) is 4. The number of ether oxygens (including phenoxy) is 1. The van der Waals surface area contributed by atoms with Crippen molar-refractivity contribution in [2.45, 2.75) is 96.5 Å². The number of aliphatic carboxylic acids is 1. The molecule has 5 nitrogen and oxygen atoms in total. The zero-order valence-corrected chi connectivity index (χ0v) is 16.1. The molecule has 0 unspecified atom stereocenters. The molecule has 0 radical (unpaired) electrons. The third-order valence-electron chi connectivity index (χ3n) is 5.05. The molecular formula is C21H34O5. The lowest BCUT2D eigenvalue weighted by Gasteiger charge is -2.13. The molecule has 1 aliphatic rings. The molecule has 0 amide bonds. The van der Waals surface area contributed by atoms with Gasteiger partial charge in [-0.3, -0.25) is 4.79 Å². The van der Waals surface area contributed by atoms with E-state index in [9.17, 15) is 19.5 Å². The van der Waals surface area contributed by atoms with Crippen molar-refractivity contribution in [3.05, 3.63) is 12.2 Å². The molecule has 1 fully saturated rings. The Bertz CT molecular complexity index is 483. The minimum Gasteiger partial charge on any atom is -0.481 e. The van der Waals surface area contributed by atoms with E-state index in [1.165, 1.54) is 38.5 Å². The molecule has 0 saturated carbocycles. The largest absolute Gasteiger partial charge is 0.481 e. The second-order valence-corrected chi connectivity index (χ2v) is 7.41. The van der Waals surface area contributed by atoms with Crippen LogP contribution >= 0.6 is 0 Å². The minimum absolute atomic E-state index is 0.0730. The summed E-state index contributed by atoms with van der Waals surface area (Å²) in [6.45, 7) is 5.19. The summed E-state index contributed by atoms with van der Waals surface area (Å²) in [4.78, 5) is 33.5. The molecule has 1 saturated heterocycles. The molecule has 0 bridgehead atoms. The topological polar surface area (TPSA) is 80.7 Å². The quantitative estimate of drug-likeness (QED) is 0.255. The van der Waals surface area contributed by atoms with Crippen LogP contribution in [0.5, 0.6) is 0 Å². The number of ketones is 1. The van der Waals surface area contributed by atoms with Gasteiger partial charge in [0.2, 0.25) is 0 Å². The number of rotatable bonds is 15. The van der Waals surface area contributed by atoms with Crippen LogP contribution in [-0.4, -0.2) is 28.9 Å². The molecule has 148 valence electrons. The van der Waals surface area contributed by atoms with Gasteiger partial charge in [0, 0.05) is 12.0 Å². The fourth-order valence-electron chi connectivity index (χ4n) is 3.48. The van der Waals surface area contributed by atoms with E-state index < -0.39 is 24.0 Å². The highest BCUT2D eigenvalue weighted by atomic mass is 16.6. The number of carboxylic acid groups (broad SMARTS) is 1. The summed E-state index contributed by atoms with van der Waals surface area (Å²) >= 11 is 0. The summed E-state index contributed by atoms with van der Waals surface area (Å²) in [5, 5.41) is 9.18. The van der Waals surface area contributed by atoms with Gasteiger partial charge in [0.1, 0.15) is 17.8 Å². The first-order valence-corrected chi connectivity index (χ1v) is 10.1. The zero-order chi connectivity index (χ0) is 19.4.